The lowest BCUT2D eigenvalue weighted by Gasteiger charge is -2.31. The van der Waals surface area contributed by atoms with Crippen LogP contribution in [0.2, 0.25) is 0 Å². The largest absolute Gasteiger partial charge is 0.372 e. The van der Waals surface area contributed by atoms with Crippen molar-refractivity contribution in [3.63, 3.8) is 0 Å². The molecule has 2 aliphatic rings. The third kappa shape index (κ3) is 2.38. The molecule has 0 bridgehead atoms. The number of hydrogen-bond donors (Lipinski definition) is 0. The van der Waals surface area contributed by atoms with Gasteiger partial charge in [0.15, 0.2) is 0 Å². The van der Waals surface area contributed by atoms with Gasteiger partial charge in [0.05, 0.1) is 12.7 Å². The van der Waals surface area contributed by atoms with E-state index in [4.69, 9.17) is 4.74 Å². The van der Waals surface area contributed by atoms with Crippen LogP contribution >= 0.6 is 11.8 Å². The molecule has 2 unspecified atom stereocenters. The SMILES string of the molecule is CCC1CN(CC2CO2)CCS1. The second-order valence-electron chi connectivity index (χ2n) is 3.62. The highest BCUT2D eigenvalue weighted by atomic mass is 32.2. The summed E-state index contributed by atoms with van der Waals surface area (Å²) in [5, 5.41) is 0.873. The Hall–Kier alpha value is 0.270. The molecule has 2 atom stereocenters. The van der Waals surface area contributed by atoms with E-state index in [2.05, 4.69) is 23.6 Å². The van der Waals surface area contributed by atoms with Crippen LogP contribution in [0, 0.1) is 0 Å². The topological polar surface area (TPSA) is 15.8 Å². The molecule has 0 aromatic carbocycles. The maximum Gasteiger partial charge on any atom is 0.0936 e. The lowest BCUT2D eigenvalue weighted by molar-refractivity contribution is 0.247. The summed E-state index contributed by atoms with van der Waals surface area (Å²) < 4.78 is 5.23. The summed E-state index contributed by atoms with van der Waals surface area (Å²) in [6.07, 6.45) is 1.89. The third-order valence-corrected chi connectivity index (χ3v) is 3.91. The zero-order chi connectivity index (χ0) is 8.39. The molecule has 2 rings (SSSR count). The summed E-state index contributed by atoms with van der Waals surface area (Å²) in [7, 11) is 0. The lowest BCUT2D eigenvalue weighted by atomic mass is 10.3. The molecule has 2 heterocycles. The summed E-state index contributed by atoms with van der Waals surface area (Å²) in [5.74, 6) is 1.31. The molecule has 2 fully saturated rings. The van der Waals surface area contributed by atoms with E-state index in [-0.39, 0.29) is 0 Å². The minimum atomic E-state index is 0.575. The molecule has 0 aromatic rings. The van der Waals surface area contributed by atoms with Crippen molar-refractivity contribution in [2.24, 2.45) is 0 Å². The molecule has 0 amide bonds. The Labute approximate surface area is 78.6 Å². The van der Waals surface area contributed by atoms with Gasteiger partial charge in [-0.3, -0.25) is 4.90 Å². The van der Waals surface area contributed by atoms with Crippen LogP contribution in [0.25, 0.3) is 0 Å². The van der Waals surface area contributed by atoms with Crippen molar-refractivity contribution in [1.29, 1.82) is 0 Å². The first-order valence-electron chi connectivity index (χ1n) is 4.84. The van der Waals surface area contributed by atoms with E-state index in [1.54, 1.807) is 0 Å². The number of hydrogen-bond acceptors (Lipinski definition) is 3. The molecule has 2 saturated heterocycles. The van der Waals surface area contributed by atoms with Crippen molar-refractivity contribution in [3.8, 4) is 0 Å². The van der Waals surface area contributed by atoms with Gasteiger partial charge in [0.1, 0.15) is 0 Å². The third-order valence-electron chi connectivity index (χ3n) is 2.54. The average Bonchev–Trinajstić information content (AvgIpc) is 2.89. The first kappa shape index (κ1) is 8.85. The summed E-state index contributed by atoms with van der Waals surface area (Å²) >= 11 is 2.13. The molecule has 12 heavy (non-hydrogen) atoms. The fraction of sp³-hybridized carbons (Fsp3) is 1.00. The number of ether oxygens (including phenoxy) is 1. The molecule has 2 nitrogen and oxygen atoms in total. The Kier molecular flexibility index (Phi) is 2.94. The predicted molar refractivity (Wildman–Crippen MR) is 52.7 cm³/mol. The Morgan fingerprint density at radius 1 is 1.58 bits per heavy atom. The van der Waals surface area contributed by atoms with Gasteiger partial charge in [-0.2, -0.15) is 11.8 Å². The molecule has 0 spiro atoms. The predicted octanol–water partition coefficient (Wildman–Crippen LogP) is 1.21. The van der Waals surface area contributed by atoms with Gasteiger partial charge >= 0.3 is 0 Å². The van der Waals surface area contributed by atoms with E-state index in [1.165, 1.54) is 31.8 Å². The van der Waals surface area contributed by atoms with Gasteiger partial charge in [-0.1, -0.05) is 6.92 Å². The van der Waals surface area contributed by atoms with Gasteiger partial charge in [-0.15, -0.1) is 0 Å². The molecular weight excluding hydrogens is 170 g/mol. The quantitative estimate of drug-likeness (QED) is 0.618. The molecule has 70 valence electrons. The highest BCUT2D eigenvalue weighted by Gasteiger charge is 2.28. The standard InChI is InChI=1S/C9H17NOS/c1-2-9-6-10(3-4-12-9)5-8-7-11-8/h8-9H,2-7H2,1H3. The van der Waals surface area contributed by atoms with E-state index in [1.807, 2.05) is 0 Å². The Bertz CT molecular complexity index is 149. The van der Waals surface area contributed by atoms with Gasteiger partial charge < -0.3 is 4.74 Å². The minimum Gasteiger partial charge on any atom is -0.372 e. The van der Waals surface area contributed by atoms with Gasteiger partial charge in [-0.25, -0.2) is 0 Å². The van der Waals surface area contributed by atoms with Crippen LogP contribution in [-0.2, 0) is 4.74 Å². The number of nitrogens with zero attached hydrogens (tertiary/aromatic N) is 1. The van der Waals surface area contributed by atoms with Crippen molar-refractivity contribution in [2.45, 2.75) is 24.7 Å². The summed E-state index contributed by atoms with van der Waals surface area (Å²) in [6.45, 7) is 7.01. The Morgan fingerprint density at radius 3 is 3.08 bits per heavy atom. The van der Waals surface area contributed by atoms with Gasteiger partial charge in [-0.05, 0) is 6.42 Å². The summed E-state index contributed by atoms with van der Waals surface area (Å²) in [4.78, 5) is 2.56. The number of thioether (sulfide) groups is 1. The van der Waals surface area contributed by atoms with Crippen molar-refractivity contribution >= 4 is 11.8 Å². The van der Waals surface area contributed by atoms with Crippen LogP contribution in [-0.4, -0.2) is 48.2 Å². The number of rotatable bonds is 3. The van der Waals surface area contributed by atoms with Crippen molar-refractivity contribution in [3.05, 3.63) is 0 Å². The van der Waals surface area contributed by atoms with Crippen LogP contribution in [0.3, 0.4) is 0 Å². The second kappa shape index (κ2) is 3.99. The first-order valence-corrected chi connectivity index (χ1v) is 5.89. The molecule has 0 aromatic heterocycles. The van der Waals surface area contributed by atoms with E-state index in [0.29, 0.717) is 6.10 Å². The lowest BCUT2D eigenvalue weighted by Crippen LogP contribution is -2.39. The molecule has 0 radical (unpaired) electrons. The van der Waals surface area contributed by atoms with E-state index in [9.17, 15) is 0 Å². The van der Waals surface area contributed by atoms with Gasteiger partial charge in [0, 0.05) is 30.6 Å². The summed E-state index contributed by atoms with van der Waals surface area (Å²) in [6, 6.07) is 0. The van der Waals surface area contributed by atoms with Crippen molar-refractivity contribution in [1.82, 2.24) is 4.90 Å². The van der Waals surface area contributed by atoms with Crippen LogP contribution in [0.4, 0.5) is 0 Å². The van der Waals surface area contributed by atoms with Crippen LogP contribution in [0.5, 0.6) is 0 Å². The fourth-order valence-corrected chi connectivity index (χ4v) is 2.90. The normalized spacial score (nSPS) is 36.8. The zero-order valence-electron chi connectivity index (χ0n) is 7.66. The minimum absolute atomic E-state index is 0.575. The van der Waals surface area contributed by atoms with Crippen LogP contribution in [0.1, 0.15) is 13.3 Å². The molecule has 2 aliphatic heterocycles. The van der Waals surface area contributed by atoms with Crippen LogP contribution in [0.15, 0.2) is 0 Å². The summed E-state index contributed by atoms with van der Waals surface area (Å²) in [5.41, 5.74) is 0. The van der Waals surface area contributed by atoms with Crippen molar-refractivity contribution < 1.29 is 4.74 Å². The van der Waals surface area contributed by atoms with Gasteiger partial charge in [0.25, 0.3) is 0 Å². The van der Waals surface area contributed by atoms with Crippen molar-refractivity contribution in [2.75, 3.05) is 32.0 Å². The van der Waals surface area contributed by atoms with Gasteiger partial charge in [0.2, 0.25) is 0 Å². The monoisotopic (exact) mass is 187 g/mol. The maximum absolute atomic E-state index is 5.23. The Morgan fingerprint density at radius 2 is 2.42 bits per heavy atom. The second-order valence-corrected chi connectivity index (χ2v) is 5.02. The highest BCUT2D eigenvalue weighted by Crippen LogP contribution is 2.22. The maximum atomic E-state index is 5.23. The highest BCUT2D eigenvalue weighted by molar-refractivity contribution is 8.00. The average molecular weight is 187 g/mol. The fourth-order valence-electron chi connectivity index (χ4n) is 1.65. The van der Waals surface area contributed by atoms with Crippen LogP contribution < -0.4 is 0 Å². The molecule has 3 heteroatoms. The molecular formula is C9H17NOS. The first-order chi connectivity index (χ1) is 5.88. The van der Waals surface area contributed by atoms with E-state index < -0.39 is 0 Å². The van der Waals surface area contributed by atoms with E-state index in [0.717, 1.165) is 11.9 Å². The van der Waals surface area contributed by atoms with E-state index >= 15 is 0 Å². The zero-order valence-corrected chi connectivity index (χ0v) is 8.48. The molecule has 0 N–H and O–H groups in total. The Balaban J connectivity index is 1.73. The molecule has 0 saturated carbocycles. The smallest absolute Gasteiger partial charge is 0.0936 e. The number of epoxide rings is 1. The molecule has 0 aliphatic carbocycles.